The normalized spacial score (nSPS) is 23.9. The second-order valence-electron chi connectivity index (χ2n) is 10.1. The minimum absolute atomic E-state index is 0.0495. The predicted octanol–water partition coefficient (Wildman–Crippen LogP) is 5.76. The van der Waals surface area contributed by atoms with E-state index >= 15 is 0 Å². The third-order valence-corrected chi connectivity index (χ3v) is 8.04. The molecular formula is C29H36N2O3. The van der Waals surface area contributed by atoms with Crippen LogP contribution in [-0.2, 0) is 4.79 Å². The molecule has 2 aromatic rings. The first-order valence-corrected chi connectivity index (χ1v) is 13.0. The quantitative estimate of drug-likeness (QED) is 0.617. The van der Waals surface area contributed by atoms with Crippen LogP contribution in [-0.4, -0.2) is 35.9 Å². The summed E-state index contributed by atoms with van der Waals surface area (Å²) in [6.07, 6.45) is 11.1. The van der Waals surface area contributed by atoms with Crippen molar-refractivity contribution in [2.75, 3.05) is 7.11 Å². The van der Waals surface area contributed by atoms with Gasteiger partial charge in [0, 0.05) is 17.6 Å². The van der Waals surface area contributed by atoms with E-state index in [0.717, 1.165) is 55.4 Å². The molecule has 34 heavy (non-hydrogen) atoms. The first-order valence-electron chi connectivity index (χ1n) is 13.0. The van der Waals surface area contributed by atoms with E-state index in [1.807, 2.05) is 48.5 Å². The van der Waals surface area contributed by atoms with Crippen LogP contribution in [0.3, 0.4) is 0 Å². The zero-order valence-corrected chi connectivity index (χ0v) is 20.2. The van der Waals surface area contributed by atoms with Crippen LogP contribution < -0.4 is 10.1 Å². The van der Waals surface area contributed by atoms with E-state index in [-0.39, 0.29) is 29.9 Å². The Morgan fingerprint density at radius 3 is 2.21 bits per heavy atom. The van der Waals surface area contributed by atoms with Gasteiger partial charge in [-0.15, -0.1) is 0 Å². The van der Waals surface area contributed by atoms with Crippen LogP contribution in [0.25, 0.3) is 0 Å². The van der Waals surface area contributed by atoms with Crippen molar-refractivity contribution in [3.63, 3.8) is 0 Å². The molecule has 2 amide bonds. The van der Waals surface area contributed by atoms with Crippen LogP contribution in [0, 0.1) is 0 Å². The van der Waals surface area contributed by atoms with Gasteiger partial charge in [0.1, 0.15) is 5.75 Å². The zero-order valence-electron chi connectivity index (χ0n) is 20.2. The van der Waals surface area contributed by atoms with Crippen molar-refractivity contribution in [2.24, 2.45) is 0 Å². The lowest BCUT2D eigenvalue weighted by molar-refractivity contribution is -0.125. The maximum absolute atomic E-state index is 14.0. The number of ether oxygens (including phenoxy) is 1. The van der Waals surface area contributed by atoms with Crippen molar-refractivity contribution in [3.8, 4) is 5.75 Å². The van der Waals surface area contributed by atoms with Crippen LogP contribution in [0.15, 0.2) is 48.5 Å². The highest BCUT2D eigenvalue weighted by molar-refractivity contribution is 6.01. The topological polar surface area (TPSA) is 58.6 Å². The Bertz CT molecular complexity index is 1010. The number of nitrogens with zero attached hydrogens (tertiary/aromatic N) is 1. The number of hydrogen-bond acceptors (Lipinski definition) is 3. The van der Waals surface area contributed by atoms with Crippen LogP contribution in [0.5, 0.6) is 5.75 Å². The molecule has 0 unspecified atom stereocenters. The lowest BCUT2D eigenvalue weighted by Gasteiger charge is -2.47. The monoisotopic (exact) mass is 460 g/mol. The number of amides is 2. The summed E-state index contributed by atoms with van der Waals surface area (Å²) >= 11 is 0. The largest absolute Gasteiger partial charge is 0.497 e. The Morgan fingerprint density at radius 1 is 0.882 bits per heavy atom. The molecule has 5 nitrogen and oxygen atoms in total. The Balaban J connectivity index is 1.59. The minimum atomic E-state index is -0.425. The molecule has 0 saturated heterocycles. The molecule has 2 aromatic carbocycles. The average molecular weight is 461 g/mol. The van der Waals surface area contributed by atoms with Crippen molar-refractivity contribution in [3.05, 3.63) is 65.2 Å². The molecule has 1 aliphatic heterocycles. The second-order valence-corrected chi connectivity index (χ2v) is 10.1. The molecule has 2 saturated carbocycles. The maximum atomic E-state index is 14.0. The van der Waals surface area contributed by atoms with Crippen LogP contribution >= 0.6 is 0 Å². The molecule has 180 valence electrons. The lowest BCUT2D eigenvalue weighted by Crippen LogP contribution is -2.53. The van der Waals surface area contributed by atoms with E-state index in [2.05, 4.69) is 10.2 Å². The molecule has 5 heteroatoms. The van der Waals surface area contributed by atoms with E-state index < -0.39 is 5.92 Å². The number of fused-ring (bicyclic) bond motifs is 1. The van der Waals surface area contributed by atoms with Gasteiger partial charge in [-0.2, -0.15) is 0 Å². The first kappa shape index (κ1) is 22.9. The van der Waals surface area contributed by atoms with Crippen molar-refractivity contribution >= 4 is 11.8 Å². The van der Waals surface area contributed by atoms with Crippen molar-refractivity contribution in [1.82, 2.24) is 10.2 Å². The standard InChI is InChI=1S/C29H36N2O3/c1-34-23-18-16-20(17-19-23)27-26(28(32)30-21-10-4-2-5-11-21)24-14-8-9-15-25(24)29(33)31(27)22-12-6-3-7-13-22/h8-9,14-19,21-22,26-27H,2-7,10-13H2,1H3,(H,30,32)/t26-,27+/m1/s1. The smallest absolute Gasteiger partial charge is 0.254 e. The van der Waals surface area contributed by atoms with Gasteiger partial charge < -0.3 is 15.0 Å². The molecule has 1 N–H and O–H groups in total. The fourth-order valence-corrected chi connectivity index (χ4v) is 6.29. The zero-order chi connectivity index (χ0) is 23.5. The number of nitrogens with one attached hydrogen (secondary N) is 1. The summed E-state index contributed by atoms with van der Waals surface area (Å²) in [4.78, 5) is 30.0. The van der Waals surface area contributed by atoms with Gasteiger partial charge in [0.2, 0.25) is 5.91 Å². The molecule has 3 aliphatic rings. The highest BCUT2D eigenvalue weighted by Crippen LogP contribution is 2.46. The number of benzene rings is 2. The van der Waals surface area contributed by atoms with Crippen molar-refractivity contribution < 1.29 is 14.3 Å². The molecule has 1 heterocycles. The van der Waals surface area contributed by atoms with Gasteiger partial charge in [-0.3, -0.25) is 9.59 Å². The van der Waals surface area contributed by atoms with E-state index in [0.29, 0.717) is 5.56 Å². The molecule has 2 atom stereocenters. The summed E-state index contributed by atoms with van der Waals surface area (Å²) in [6.45, 7) is 0. The molecule has 0 bridgehead atoms. The average Bonchev–Trinajstić information content (AvgIpc) is 2.89. The SMILES string of the molecule is COc1ccc([C@H]2[C@H](C(=O)NC3CCCCC3)c3ccccc3C(=O)N2C2CCCCC2)cc1. The summed E-state index contributed by atoms with van der Waals surface area (Å²) in [5, 5.41) is 3.39. The fourth-order valence-electron chi connectivity index (χ4n) is 6.29. The van der Waals surface area contributed by atoms with Gasteiger partial charge >= 0.3 is 0 Å². The van der Waals surface area contributed by atoms with Crippen molar-refractivity contribution in [2.45, 2.75) is 88.3 Å². The maximum Gasteiger partial charge on any atom is 0.254 e. The molecule has 0 aromatic heterocycles. The summed E-state index contributed by atoms with van der Waals surface area (Å²) in [5.74, 6) is 0.461. The Kier molecular flexibility index (Phi) is 6.89. The predicted molar refractivity (Wildman–Crippen MR) is 133 cm³/mol. The number of methoxy groups -OCH3 is 1. The minimum Gasteiger partial charge on any atom is -0.497 e. The molecule has 0 radical (unpaired) electrons. The van der Waals surface area contributed by atoms with Gasteiger partial charge in [-0.1, -0.05) is 68.9 Å². The van der Waals surface area contributed by atoms with Crippen molar-refractivity contribution in [1.29, 1.82) is 0 Å². The highest BCUT2D eigenvalue weighted by Gasteiger charge is 2.46. The fraction of sp³-hybridized carbons (Fsp3) is 0.517. The van der Waals surface area contributed by atoms with Gasteiger partial charge in [0.15, 0.2) is 0 Å². The molecule has 2 aliphatic carbocycles. The summed E-state index contributed by atoms with van der Waals surface area (Å²) < 4.78 is 5.39. The highest BCUT2D eigenvalue weighted by atomic mass is 16.5. The van der Waals surface area contributed by atoms with E-state index in [4.69, 9.17) is 4.74 Å². The summed E-state index contributed by atoms with van der Waals surface area (Å²) in [6, 6.07) is 15.8. The second kappa shape index (κ2) is 10.2. The number of carbonyl (C=O) groups excluding carboxylic acids is 2. The molecule has 2 fully saturated rings. The van der Waals surface area contributed by atoms with E-state index in [1.165, 1.54) is 25.7 Å². The third-order valence-electron chi connectivity index (χ3n) is 8.04. The van der Waals surface area contributed by atoms with Gasteiger partial charge in [0.25, 0.3) is 5.91 Å². The van der Waals surface area contributed by atoms with Gasteiger partial charge in [0.05, 0.1) is 19.1 Å². The Hall–Kier alpha value is -2.82. The number of hydrogen-bond donors (Lipinski definition) is 1. The Labute approximate surface area is 202 Å². The van der Waals surface area contributed by atoms with Gasteiger partial charge in [-0.25, -0.2) is 0 Å². The molecular weight excluding hydrogens is 424 g/mol. The van der Waals surface area contributed by atoms with Crippen LogP contribution in [0.2, 0.25) is 0 Å². The van der Waals surface area contributed by atoms with Gasteiger partial charge in [-0.05, 0) is 55.0 Å². The third kappa shape index (κ3) is 4.45. The van der Waals surface area contributed by atoms with E-state index in [9.17, 15) is 9.59 Å². The van der Waals surface area contributed by atoms with Crippen LogP contribution in [0.1, 0.15) is 97.7 Å². The lowest BCUT2D eigenvalue weighted by atomic mass is 9.77. The number of carbonyl (C=O) groups is 2. The first-order chi connectivity index (χ1) is 16.7. The number of rotatable bonds is 5. The summed E-state index contributed by atoms with van der Waals surface area (Å²) in [7, 11) is 1.66. The Morgan fingerprint density at radius 2 is 1.53 bits per heavy atom. The molecule has 5 rings (SSSR count). The molecule has 0 spiro atoms. The summed E-state index contributed by atoms with van der Waals surface area (Å²) in [5.41, 5.74) is 2.54. The van der Waals surface area contributed by atoms with Crippen LogP contribution in [0.4, 0.5) is 0 Å². The van der Waals surface area contributed by atoms with E-state index in [1.54, 1.807) is 7.11 Å².